The van der Waals surface area contributed by atoms with Crippen molar-refractivity contribution in [3.8, 4) is 5.75 Å². The van der Waals surface area contributed by atoms with E-state index >= 15 is 0 Å². The number of esters is 1. The van der Waals surface area contributed by atoms with Crippen LogP contribution < -0.4 is 10.1 Å². The summed E-state index contributed by atoms with van der Waals surface area (Å²) in [6.07, 6.45) is 2.22. The molecule has 0 amide bonds. The molecule has 0 aliphatic rings. The quantitative estimate of drug-likeness (QED) is 0.620. The summed E-state index contributed by atoms with van der Waals surface area (Å²) in [4.78, 5) is 11.3. The van der Waals surface area contributed by atoms with Crippen LogP contribution in [0, 0.1) is 0 Å². The highest BCUT2D eigenvalue weighted by Crippen LogP contribution is 2.15. The van der Waals surface area contributed by atoms with E-state index in [2.05, 4.69) is 48.6 Å². The Kier molecular flexibility index (Phi) is 8.70. The zero-order chi connectivity index (χ0) is 18.6. The summed E-state index contributed by atoms with van der Waals surface area (Å²) in [5.41, 5.74) is 2.58. The minimum Gasteiger partial charge on any atom is -0.494 e. The molecule has 2 aromatic rings. The number of hydrogen-bond donors (Lipinski definition) is 1. The number of benzene rings is 2. The van der Waals surface area contributed by atoms with Crippen LogP contribution in [0.15, 0.2) is 54.6 Å². The highest BCUT2D eigenvalue weighted by molar-refractivity contribution is 5.69. The van der Waals surface area contributed by atoms with Crippen LogP contribution in [-0.4, -0.2) is 31.8 Å². The SMILES string of the molecule is CCOC(=O)CCNC(C)CCOc1ccc(Cc2ccccc2)cc1. The second-order valence-electron chi connectivity index (χ2n) is 6.35. The van der Waals surface area contributed by atoms with Crippen molar-refractivity contribution in [3.63, 3.8) is 0 Å². The third kappa shape index (κ3) is 7.70. The maximum atomic E-state index is 11.3. The first-order valence-electron chi connectivity index (χ1n) is 9.32. The van der Waals surface area contributed by atoms with Crippen molar-refractivity contribution in [1.29, 1.82) is 0 Å². The van der Waals surface area contributed by atoms with Crippen LogP contribution in [0.1, 0.15) is 37.8 Å². The summed E-state index contributed by atoms with van der Waals surface area (Å²) in [6, 6.07) is 19.0. The lowest BCUT2D eigenvalue weighted by Gasteiger charge is -2.14. The van der Waals surface area contributed by atoms with E-state index in [1.165, 1.54) is 11.1 Å². The van der Waals surface area contributed by atoms with E-state index in [4.69, 9.17) is 9.47 Å². The Bertz CT molecular complexity index is 640. The molecule has 2 rings (SSSR count). The molecule has 1 N–H and O–H groups in total. The van der Waals surface area contributed by atoms with Crippen molar-refractivity contribution in [1.82, 2.24) is 5.32 Å². The first-order chi connectivity index (χ1) is 12.7. The number of carbonyl (C=O) groups excluding carboxylic acids is 1. The molecule has 26 heavy (non-hydrogen) atoms. The average molecular weight is 355 g/mol. The van der Waals surface area contributed by atoms with Gasteiger partial charge in [-0.3, -0.25) is 4.79 Å². The van der Waals surface area contributed by atoms with Crippen LogP contribution in [0.5, 0.6) is 5.75 Å². The standard InChI is InChI=1S/C22H29NO3/c1-3-25-22(24)13-15-23-18(2)14-16-26-21-11-9-20(10-12-21)17-19-7-5-4-6-8-19/h4-12,18,23H,3,13-17H2,1-2H3. The van der Waals surface area contributed by atoms with Gasteiger partial charge in [0.25, 0.3) is 0 Å². The molecular formula is C22H29NO3. The summed E-state index contributed by atoms with van der Waals surface area (Å²) in [6.45, 7) is 5.63. The van der Waals surface area contributed by atoms with Gasteiger partial charge in [0, 0.05) is 12.6 Å². The predicted octanol–water partition coefficient (Wildman–Crippen LogP) is 3.98. The van der Waals surface area contributed by atoms with Gasteiger partial charge in [-0.2, -0.15) is 0 Å². The molecule has 0 fully saturated rings. The monoisotopic (exact) mass is 355 g/mol. The van der Waals surface area contributed by atoms with Crippen LogP contribution >= 0.6 is 0 Å². The van der Waals surface area contributed by atoms with Crippen molar-refractivity contribution in [3.05, 3.63) is 65.7 Å². The molecule has 0 saturated heterocycles. The van der Waals surface area contributed by atoms with Gasteiger partial charge in [0.05, 0.1) is 19.6 Å². The van der Waals surface area contributed by atoms with E-state index in [9.17, 15) is 4.79 Å². The molecule has 1 unspecified atom stereocenters. The summed E-state index contributed by atoms with van der Waals surface area (Å²) >= 11 is 0. The summed E-state index contributed by atoms with van der Waals surface area (Å²) in [5, 5.41) is 3.31. The minimum absolute atomic E-state index is 0.154. The molecule has 0 aromatic heterocycles. The molecule has 1 atom stereocenters. The molecule has 0 heterocycles. The first-order valence-corrected chi connectivity index (χ1v) is 9.32. The normalized spacial score (nSPS) is 11.8. The molecule has 4 nitrogen and oxygen atoms in total. The maximum absolute atomic E-state index is 11.3. The van der Waals surface area contributed by atoms with Crippen molar-refractivity contribution in [2.75, 3.05) is 19.8 Å². The van der Waals surface area contributed by atoms with Gasteiger partial charge in [0.1, 0.15) is 5.75 Å². The Balaban J connectivity index is 1.64. The maximum Gasteiger partial charge on any atom is 0.307 e. The molecule has 0 bridgehead atoms. The van der Waals surface area contributed by atoms with Gasteiger partial charge in [0.15, 0.2) is 0 Å². The van der Waals surface area contributed by atoms with E-state index in [0.717, 1.165) is 18.6 Å². The molecule has 0 radical (unpaired) electrons. The Morgan fingerprint density at radius 1 is 1.04 bits per heavy atom. The second-order valence-corrected chi connectivity index (χ2v) is 6.35. The van der Waals surface area contributed by atoms with E-state index < -0.39 is 0 Å². The highest BCUT2D eigenvalue weighted by atomic mass is 16.5. The summed E-state index contributed by atoms with van der Waals surface area (Å²) in [7, 11) is 0. The molecule has 0 aliphatic heterocycles. The van der Waals surface area contributed by atoms with Crippen LogP contribution in [0.2, 0.25) is 0 Å². The third-order valence-corrected chi connectivity index (χ3v) is 4.12. The van der Waals surface area contributed by atoms with E-state index in [0.29, 0.717) is 32.2 Å². The van der Waals surface area contributed by atoms with Gasteiger partial charge in [-0.15, -0.1) is 0 Å². The average Bonchev–Trinajstić information content (AvgIpc) is 2.64. The van der Waals surface area contributed by atoms with Crippen molar-refractivity contribution < 1.29 is 14.3 Å². The van der Waals surface area contributed by atoms with Crippen LogP contribution in [-0.2, 0) is 16.0 Å². The molecule has 0 saturated carbocycles. The largest absolute Gasteiger partial charge is 0.494 e. The number of nitrogens with one attached hydrogen (secondary N) is 1. The second kappa shape index (κ2) is 11.3. The Morgan fingerprint density at radius 2 is 1.73 bits per heavy atom. The number of hydrogen-bond acceptors (Lipinski definition) is 4. The van der Waals surface area contributed by atoms with Crippen LogP contribution in [0.3, 0.4) is 0 Å². The zero-order valence-corrected chi connectivity index (χ0v) is 15.7. The first kappa shape index (κ1) is 20.0. The van der Waals surface area contributed by atoms with Gasteiger partial charge >= 0.3 is 5.97 Å². The van der Waals surface area contributed by atoms with E-state index in [1.54, 1.807) is 0 Å². The molecular weight excluding hydrogens is 326 g/mol. The molecule has 140 valence electrons. The minimum atomic E-state index is -0.154. The smallest absolute Gasteiger partial charge is 0.307 e. The van der Waals surface area contributed by atoms with Crippen molar-refractivity contribution in [2.45, 2.75) is 39.2 Å². The third-order valence-electron chi connectivity index (χ3n) is 4.12. The fourth-order valence-electron chi connectivity index (χ4n) is 2.64. The lowest BCUT2D eigenvalue weighted by Crippen LogP contribution is -2.30. The number of rotatable bonds is 11. The highest BCUT2D eigenvalue weighted by Gasteiger charge is 2.05. The number of carbonyl (C=O) groups is 1. The summed E-state index contributed by atoms with van der Waals surface area (Å²) < 4.78 is 10.7. The van der Waals surface area contributed by atoms with Gasteiger partial charge in [-0.25, -0.2) is 0 Å². The van der Waals surface area contributed by atoms with Gasteiger partial charge < -0.3 is 14.8 Å². The van der Waals surface area contributed by atoms with Crippen molar-refractivity contribution >= 4 is 5.97 Å². The van der Waals surface area contributed by atoms with Crippen LogP contribution in [0.25, 0.3) is 0 Å². The topological polar surface area (TPSA) is 47.6 Å². The van der Waals surface area contributed by atoms with Gasteiger partial charge in [-0.1, -0.05) is 42.5 Å². The van der Waals surface area contributed by atoms with Crippen LogP contribution in [0.4, 0.5) is 0 Å². The van der Waals surface area contributed by atoms with Crippen molar-refractivity contribution in [2.24, 2.45) is 0 Å². The Labute approximate surface area is 156 Å². The lowest BCUT2D eigenvalue weighted by molar-refractivity contribution is -0.142. The van der Waals surface area contributed by atoms with E-state index in [-0.39, 0.29) is 5.97 Å². The number of ether oxygens (including phenoxy) is 2. The molecule has 0 aliphatic carbocycles. The summed E-state index contributed by atoms with van der Waals surface area (Å²) in [5.74, 6) is 0.736. The Morgan fingerprint density at radius 3 is 2.42 bits per heavy atom. The molecule has 2 aromatic carbocycles. The fourth-order valence-corrected chi connectivity index (χ4v) is 2.64. The fraction of sp³-hybridized carbons (Fsp3) is 0.409. The lowest BCUT2D eigenvalue weighted by atomic mass is 10.1. The predicted molar refractivity (Wildman–Crippen MR) is 105 cm³/mol. The molecule has 4 heteroatoms. The van der Waals surface area contributed by atoms with Gasteiger partial charge in [-0.05, 0) is 49.9 Å². The molecule has 0 spiro atoms. The van der Waals surface area contributed by atoms with E-state index in [1.807, 2.05) is 25.1 Å². The van der Waals surface area contributed by atoms with Gasteiger partial charge in [0.2, 0.25) is 0 Å². The zero-order valence-electron chi connectivity index (χ0n) is 15.7. The Hall–Kier alpha value is -2.33.